The Balaban J connectivity index is 1.40. The van der Waals surface area contributed by atoms with E-state index in [1.165, 1.54) is 0 Å². The maximum atomic E-state index is 12.7. The molecule has 1 aromatic rings. The second-order valence-electron chi connectivity index (χ2n) is 5.11. The molecule has 1 aromatic heterocycles. The fourth-order valence-corrected chi connectivity index (χ4v) is 2.21. The number of alkyl halides is 2. The molecule has 0 spiro atoms. The molecule has 1 atom stereocenters. The largest absolute Gasteiger partial charge is 0.353 e. The highest BCUT2D eigenvalue weighted by Crippen LogP contribution is 2.48. The van der Waals surface area contributed by atoms with Gasteiger partial charge in [-0.05, 0) is 18.9 Å². The van der Waals surface area contributed by atoms with E-state index in [1.807, 2.05) is 0 Å². The highest BCUT2D eigenvalue weighted by Gasteiger charge is 2.61. The SMILES string of the molecule is O=C(NC1CC(Nc2ncccn2)C1)[C@@H]1CC1(F)F. The predicted molar refractivity (Wildman–Crippen MR) is 63.7 cm³/mol. The van der Waals surface area contributed by atoms with E-state index >= 15 is 0 Å². The monoisotopic (exact) mass is 268 g/mol. The van der Waals surface area contributed by atoms with Crippen molar-refractivity contribution in [2.75, 3.05) is 5.32 Å². The maximum absolute atomic E-state index is 12.7. The number of hydrogen-bond donors (Lipinski definition) is 2. The molecule has 1 heterocycles. The van der Waals surface area contributed by atoms with Crippen LogP contribution >= 0.6 is 0 Å². The Morgan fingerprint density at radius 3 is 2.47 bits per heavy atom. The number of halogens is 2. The van der Waals surface area contributed by atoms with E-state index in [4.69, 9.17) is 0 Å². The first-order chi connectivity index (χ1) is 9.04. The molecule has 0 aromatic carbocycles. The van der Waals surface area contributed by atoms with E-state index in [0.29, 0.717) is 18.8 Å². The normalized spacial score (nSPS) is 31.2. The smallest absolute Gasteiger partial charge is 0.260 e. The fourth-order valence-electron chi connectivity index (χ4n) is 2.21. The molecule has 2 aliphatic carbocycles. The zero-order chi connectivity index (χ0) is 13.5. The van der Waals surface area contributed by atoms with Gasteiger partial charge in [-0.1, -0.05) is 0 Å². The van der Waals surface area contributed by atoms with Gasteiger partial charge in [-0.15, -0.1) is 0 Å². The van der Waals surface area contributed by atoms with Crippen molar-refractivity contribution < 1.29 is 13.6 Å². The molecule has 19 heavy (non-hydrogen) atoms. The van der Waals surface area contributed by atoms with Crippen LogP contribution < -0.4 is 10.6 Å². The number of anilines is 1. The minimum atomic E-state index is -2.79. The van der Waals surface area contributed by atoms with Gasteiger partial charge >= 0.3 is 0 Å². The lowest BCUT2D eigenvalue weighted by atomic mass is 9.86. The molecule has 102 valence electrons. The van der Waals surface area contributed by atoms with E-state index in [1.54, 1.807) is 18.5 Å². The van der Waals surface area contributed by atoms with Gasteiger partial charge in [-0.3, -0.25) is 4.79 Å². The van der Waals surface area contributed by atoms with Crippen LogP contribution in [0.25, 0.3) is 0 Å². The minimum Gasteiger partial charge on any atom is -0.353 e. The molecule has 2 fully saturated rings. The molecule has 2 saturated carbocycles. The van der Waals surface area contributed by atoms with E-state index in [2.05, 4.69) is 20.6 Å². The average molecular weight is 268 g/mol. The van der Waals surface area contributed by atoms with Crippen LogP contribution in [0.15, 0.2) is 18.5 Å². The summed E-state index contributed by atoms with van der Waals surface area (Å²) >= 11 is 0. The van der Waals surface area contributed by atoms with Crippen LogP contribution in [0.5, 0.6) is 0 Å². The first-order valence-corrected chi connectivity index (χ1v) is 6.26. The molecule has 3 rings (SSSR count). The highest BCUT2D eigenvalue weighted by molar-refractivity contribution is 5.83. The summed E-state index contributed by atoms with van der Waals surface area (Å²) < 4.78 is 25.4. The third kappa shape index (κ3) is 2.64. The van der Waals surface area contributed by atoms with Gasteiger partial charge in [0.15, 0.2) is 0 Å². The third-order valence-electron chi connectivity index (χ3n) is 3.53. The summed E-state index contributed by atoms with van der Waals surface area (Å²) in [6, 6.07) is 1.89. The molecule has 5 nitrogen and oxygen atoms in total. The van der Waals surface area contributed by atoms with Gasteiger partial charge in [-0.25, -0.2) is 18.7 Å². The molecule has 0 bridgehead atoms. The Labute approximate surface area is 108 Å². The number of amides is 1. The zero-order valence-electron chi connectivity index (χ0n) is 10.1. The molecule has 7 heteroatoms. The predicted octanol–water partition coefficient (Wildman–Crippen LogP) is 1.19. The van der Waals surface area contributed by atoms with E-state index in [9.17, 15) is 13.6 Å². The van der Waals surface area contributed by atoms with Crippen LogP contribution in [-0.2, 0) is 4.79 Å². The Morgan fingerprint density at radius 1 is 1.26 bits per heavy atom. The van der Waals surface area contributed by atoms with Crippen molar-refractivity contribution in [2.45, 2.75) is 37.3 Å². The lowest BCUT2D eigenvalue weighted by molar-refractivity contribution is -0.125. The van der Waals surface area contributed by atoms with Crippen molar-refractivity contribution in [1.82, 2.24) is 15.3 Å². The van der Waals surface area contributed by atoms with Crippen molar-refractivity contribution in [3.63, 3.8) is 0 Å². The molecule has 1 amide bonds. The summed E-state index contributed by atoms with van der Waals surface area (Å²) in [6.07, 6.45) is 4.39. The van der Waals surface area contributed by atoms with Crippen molar-refractivity contribution in [3.8, 4) is 0 Å². The average Bonchev–Trinajstić information content (AvgIpc) is 2.97. The van der Waals surface area contributed by atoms with Crippen LogP contribution in [0.1, 0.15) is 19.3 Å². The summed E-state index contributed by atoms with van der Waals surface area (Å²) in [6.45, 7) is 0. The quantitative estimate of drug-likeness (QED) is 0.861. The Bertz CT molecular complexity index is 476. The molecular formula is C12H14F2N4O. The standard InChI is InChI=1S/C12H14F2N4O/c13-12(14)6-9(12)10(19)17-7-4-8(5-7)18-11-15-2-1-3-16-11/h1-3,7-9H,4-6H2,(H,17,19)(H,15,16,18)/t7?,8?,9-/m0/s1. The third-order valence-corrected chi connectivity index (χ3v) is 3.53. The fraction of sp³-hybridized carbons (Fsp3) is 0.583. The summed E-state index contributed by atoms with van der Waals surface area (Å²) in [5.41, 5.74) is 0. The van der Waals surface area contributed by atoms with E-state index < -0.39 is 17.7 Å². The molecular weight excluding hydrogens is 254 g/mol. The first-order valence-electron chi connectivity index (χ1n) is 6.26. The van der Waals surface area contributed by atoms with Gasteiger partial charge < -0.3 is 10.6 Å². The van der Waals surface area contributed by atoms with Crippen molar-refractivity contribution in [2.24, 2.45) is 5.92 Å². The second kappa shape index (κ2) is 4.40. The molecule has 2 N–H and O–H groups in total. The number of carbonyl (C=O) groups excluding carboxylic acids is 1. The van der Waals surface area contributed by atoms with Crippen LogP contribution in [0.3, 0.4) is 0 Å². The minimum absolute atomic E-state index is 0.0230. The van der Waals surface area contributed by atoms with Crippen LogP contribution in [-0.4, -0.2) is 33.9 Å². The molecule has 0 unspecified atom stereocenters. The Hall–Kier alpha value is -1.79. The van der Waals surface area contributed by atoms with Gasteiger partial charge in [-0.2, -0.15) is 0 Å². The molecule has 0 radical (unpaired) electrons. The highest BCUT2D eigenvalue weighted by atomic mass is 19.3. The van der Waals surface area contributed by atoms with E-state index in [-0.39, 0.29) is 18.5 Å². The molecule has 0 saturated heterocycles. The van der Waals surface area contributed by atoms with Gasteiger partial charge in [0.05, 0.1) is 0 Å². The summed E-state index contributed by atoms with van der Waals surface area (Å²) in [5, 5.41) is 5.77. The first kappa shape index (κ1) is 12.3. The molecule has 2 aliphatic rings. The lowest BCUT2D eigenvalue weighted by Crippen LogP contribution is -2.50. The number of nitrogens with zero attached hydrogens (tertiary/aromatic N) is 2. The second-order valence-corrected chi connectivity index (χ2v) is 5.11. The van der Waals surface area contributed by atoms with Crippen LogP contribution in [0.4, 0.5) is 14.7 Å². The maximum Gasteiger partial charge on any atom is 0.260 e. The number of carbonyl (C=O) groups is 1. The Kier molecular flexibility index (Phi) is 2.83. The number of nitrogens with one attached hydrogen (secondary N) is 2. The van der Waals surface area contributed by atoms with Gasteiger partial charge in [0.2, 0.25) is 11.9 Å². The van der Waals surface area contributed by atoms with Gasteiger partial charge in [0.1, 0.15) is 5.92 Å². The van der Waals surface area contributed by atoms with Crippen molar-refractivity contribution in [1.29, 1.82) is 0 Å². The summed E-state index contributed by atoms with van der Waals surface area (Å²) in [7, 11) is 0. The van der Waals surface area contributed by atoms with Crippen LogP contribution in [0.2, 0.25) is 0 Å². The van der Waals surface area contributed by atoms with Crippen molar-refractivity contribution in [3.05, 3.63) is 18.5 Å². The molecule has 0 aliphatic heterocycles. The number of rotatable bonds is 4. The van der Waals surface area contributed by atoms with Crippen LogP contribution in [0, 0.1) is 5.92 Å². The summed E-state index contributed by atoms with van der Waals surface area (Å²) in [4.78, 5) is 19.5. The van der Waals surface area contributed by atoms with E-state index in [0.717, 1.165) is 0 Å². The zero-order valence-corrected chi connectivity index (χ0v) is 10.1. The number of hydrogen-bond acceptors (Lipinski definition) is 4. The summed E-state index contributed by atoms with van der Waals surface area (Å²) in [5.74, 6) is -3.88. The topological polar surface area (TPSA) is 66.9 Å². The number of aromatic nitrogens is 2. The van der Waals surface area contributed by atoms with Gasteiger partial charge in [0, 0.05) is 30.9 Å². The lowest BCUT2D eigenvalue weighted by Gasteiger charge is -2.36. The Morgan fingerprint density at radius 2 is 1.89 bits per heavy atom. The van der Waals surface area contributed by atoms with Crippen molar-refractivity contribution >= 4 is 11.9 Å². The van der Waals surface area contributed by atoms with Gasteiger partial charge in [0.25, 0.3) is 5.92 Å².